The summed E-state index contributed by atoms with van der Waals surface area (Å²) in [7, 11) is 0. The van der Waals surface area contributed by atoms with E-state index < -0.39 is 12.3 Å². The third-order valence-electron chi connectivity index (χ3n) is 9.74. The van der Waals surface area contributed by atoms with Crippen molar-refractivity contribution in [2.24, 2.45) is 10.7 Å². The van der Waals surface area contributed by atoms with Gasteiger partial charge in [-0.25, -0.2) is 0 Å². The molecular formula is C45H33N3. The number of nitrogens with one attached hydrogen (secondary N) is 1. The topological polar surface area (TPSA) is 50.4 Å². The molecule has 0 radical (unpaired) electrons. The van der Waals surface area contributed by atoms with Gasteiger partial charge in [-0.3, -0.25) is 10.3 Å². The minimum absolute atomic E-state index is 0.399. The number of nitrogens with zero attached hydrogens (tertiary/aromatic N) is 1. The van der Waals surface area contributed by atoms with Gasteiger partial charge in [-0.1, -0.05) is 152 Å². The second-order valence-electron chi connectivity index (χ2n) is 12.5. The first-order valence-corrected chi connectivity index (χ1v) is 16.5. The molecule has 0 bridgehead atoms. The lowest BCUT2D eigenvalue weighted by atomic mass is 9.92. The summed E-state index contributed by atoms with van der Waals surface area (Å²) in [5.74, 6) is 0. The highest BCUT2D eigenvalue weighted by Crippen LogP contribution is 2.37. The Morgan fingerprint density at radius 3 is 1.65 bits per heavy atom. The van der Waals surface area contributed by atoms with Gasteiger partial charge in [0.15, 0.2) is 0 Å². The third kappa shape index (κ3) is 4.80. The fraction of sp³-hybridized carbons (Fsp3) is 0.0444. The van der Waals surface area contributed by atoms with Crippen LogP contribution in [0.15, 0.2) is 169 Å². The quantitative estimate of drug-likeness (QED) is 0.0846. The number of hydrogen-bond acceptors (Lipinski definition) is 3. The summed E-state index contributed by atoms with van der Waals surface area (Å²) in [5.41, 5.74) is 10.0. The first kappa shape index (κ1) is 28.4. The predicted molar refractivity (Wildman–Crippen MR) is 205 cm³/mol. The van der Waals surface area contributed by atoms with E-state index in [2.05, 4.69) is 157 Å². The van der Waals surface area contributed by atoms with Gasteiger partial charge in [0, 0.05) is 11.8 Å². The summed E-state index contributed by atoms with van der Waals surface area (Å²) >= 11 is 0. The van der Waals surface area contributed by atoms with Crippen LogP contribution in [-0.2, 0) is 0 Å². The summed E-state index contributed by atoms with van der Waals surface area (Å²) < 4.78 is 0. The smallest absolute Gasteiger partial charge is 0.127 e. The van der Waals surface area contributed by atoms with Crippen LogP contribution in [0.25, 0.3) is 64.6 Å². The molecule has 9 aromatic rings. The minimum Gasteiger partial charge on any atom is -0.312 e. The molecule has 3 heteroatoms. The van der Waals surface area contributed by atoms with Gasteiger partial charge in [-0.15, -0.1) is 0 Å². The fourth-order valence-electron chi connectivity index (χ4n) is 7.39. The van der Waals surface area contributed by atoms with Crippen LogP contribution < -0.4 is 11.1 Å². The summed E-state index contributed by atoms with van der Waals surface area (Å²) in [4.78, 5) is 5.34. The van der Waals surface area contributed by atoms with Gasteiger partial charge in [0.05, 0.1) is 6.17 Å². The predicted octanol–water partition coefficient (Wildman–Crippen LogP) is 11.0. The van der Waals surface area contributed by atoms with Crippen molar-refractivity contribution in [3.05, 3.63) is 180 Å². The Hall–Kier alpha value is -5.87. The van der Waals surface area contributed by atoms with Crippen LogP contribution >= 0.6 is 0 Å². The molecule has 3 nitrogen and oxygen atoms in total. The van der Waals surface area contributed by atoms with E-state index in [1.807, 2.05) is 18.2 Å². The first-order valence-electron chi connectivity index (χ1n) is 16.5. The van der Waals surface area contributed by atoms with Crippen molar-refractivity contribution in [3.8, 4) is 0 Å². The van der Waals surface area contributed by atoms with Gasteiger partial charge in [0.2, 0.25) is 0 Å². The highest BCUT2D eigenvalue weighted by molar-refractivity contribution is 6.25. The van der Waals surface area contributed by atoms with Gasteiger partial charge in [0.1, 0.15) is 6.17 Å². The molecule has 0 aliphatic carbocycles. The largest absolute Gasteiger partial charge is 0.312 e. The Kier molecular flexibility index (Phi) is 6.93. The lowest BCUT2D eigenvalue weighted by Crippen LogP contribution is -2.31. The van der Waals surface area contributed by atoms with Crippen molar-refractivity contribution in [1.29, 1.82) is 0 Å². The Morgan fingerprint density at radius 1 is 0.417 bits per heavy atom. The molecule has 0 aromatic heterocycles. The number of fused-ring (bicyclic) bond motifs is 10. The van der Waals surface area contributed by atoms with E-state index in [9.17, 15) is 0 Å². The van der Waals surface area contributed by atoms with Crippen LogP contribution in [-0.4, -0.2) is 6.21 Å². The zero-order chi connectivity index (χ0) is 32.0. The number of hydrogen-bond donors (Lipinski definition) is 2. The lowest BCUT2D eigenvalue weighted by molar-refractivity contribution is 0.467. The van der Waals surface area contributed by atoms with E-state index in [-0.39, 0.29) is 0 Å². The van der Waals surface area contributed by atoms with Crippen LogP contribution in [0.2, 0.25) is 0 Å². The molecule has 0 aliphatic heterocycles. The number of benzene rings is 9. The maximum Gasteiger partial charge on any atom is 0.127 e. The van der Waals surface area contributed by atoms with Crippen molar-refractivity contribution < 1.29 is 0 Å². The number of rotatable bonds is 6. The molecule has 9 aromatic carbocycles. The molecule has 0 heterocycles. The highest BCUT2D eigenvalue weighted by Gasteiger charge is 2.18. The number of aliphatic imine (C=N–C) groups is 1. The van der Waals surface area contributed by atoms with E-state index in [1.165, 1.54) is 64.6 Å². The van der Waals surface area contributed by atoms with Gasteiger partial charge in [0.25, 0.3) is 0 Å². The van der Waals surface area contributed by atoms with Gasteiger partial charge in [-0.05, 0) is 87.9 Å². The maximum atomic E-state index is 6.84. The fourth-order valence-corrected chi connectivity index (χ4v) is 7.39. The summed E-state index contributed by atoms with van der Waals surface area (Å²) in [6.45, 7) is 0. The van der Waals surface area contributed by atoms with Crippen LogP contribution in [0.3, 0.4) is 0 Å². The minimum atomic E-state index is -0.411. The summed E-state index contributed by atoms with van der Waals surface area (Å²) in [6.07, 6.45) is 1.24. The summed E-state index contributed by atoms with van der Waals surface area (Å²) in [6, 6.07) is 58.2. The molecule has 0 saturated carbocycles. The second-order valence-corrected chi connectivity index (χ2v) is 12.5. The van der Waals surface area contributed by atoms with Crippen molar-refractivity contribution >= 4 is 70.8 Å². The average Bonchev–Trinajstić information content (AvgIpc) is 3.16. The lowest BCUT2D eigenvalue weighted by Gasteiger charge is -2.22. The van der Waals surface area contributed by atoms with E-state index in [0.717, 1.165) is 16.7 Å². The van der Waals surface area contributed by atoms with Crippen LogP contribution in [0.4, 0.5) is 0 Å². The Bertz CT molecular complexity index is 2640. The van der Waals surface area contributed by atoms with Crippen molar-refractivity contribution in [2.45, 2.75) is 12.3 Å². The standard InChI is InChI=1S/C45H33N3/c46-44(30-13-2-1-3-14-30)48-45(32-23-25-39-37-20-9-8-18-35(37)36-19-10-11-21-38(36)42(39)27-32)47-28-43-34-17-7-5-15-31(34)26-41-33-16-6-4-12-29(33)22-24-40(41)43/h1-28,44-45,48H,46H2. The molecular weight excluding hydrogens is 583 g/mol. The SMILES string of the molecule is NC(NC(N=Cc1c2ccccc2cc2c1ccc1ccccc12)c1ccc2c3ccccc3c3ccccc3c2c1)c1ccccc1. The van der Waals surface area contributed by atoms with E-state index >= 15 is 0 Å². The molecule has 9 rings (SSSR count). The Balaban J connectivity index is 1.25. The Morgan fingerprint density at radius 2 is 0.938 bits per heavy atom. The van der Waals surface area contributed by atoms with Crippen molar-refractivity contribution in [1.82, 2.24) is 5.32 Å². The van der Waals surface area contributed by atoms with E-state index in [4.69, 9.17) is 10.7 Å². The monoisotopic (exact) mass is 615 g/mol. The molecule has 0 amide bonds. The zero-order valence-electron chi connectivity index (χ0n) is 26.3. The molecule has 0 spiro atoms. The second kappa shape index (κ2) is 11.7. The van der Waals surface area contributed by atoms with Crippen LogP contribution in [0.5, 0.6) is 0 Å². The molecule has 0 aliphatic rings. The zero-order valence-corrected chi connectivity index (χ0v) is 26.3. The maximum absolute atomic E-state index is 6.84. The first-order chi connectivity index (χ1) is 23.7. The molecule has 228 valence electrons. The van der Waals surface area contributed by atoms with Gasteiger partial charge < -0.3 is 5.73 Å². The molecule has 0 saturated heterocycles. The van der Waals surface area contributed by atoms with Gasteiger partial charge >= 0.3 is 0 Å². The van der Waals surface area contributed by atoms with Crippen molar-refractivity contribution in [2.75, 3.05) is 0 Å². The molecule has 3 N–H and O–H groups in total. The van der Waals surface area contributed by atoms with Gasteiger partial charge in [-0.2, -0.15) is 0 Å². The van der Waals surface area contributed by atoms with E-state index in [1.54, 1.807) is 0 Å². The normalized spacial score (nSPS) is 13.4. The summed E-state index contributed by atoms with van der Waals surface area (Å²) in [5, 5.41) is 18.4. The third-order valence-corrected chi connectivity index (χ3v) is 9.74. The molecule has 0 fully saturated rings. The Labute approximate surface area is 279 Å². The molecule has 48 heavy (non-hydrogen) atoms. The van der Waals surface area contributed by atoms with E-state index in [0.29, 0.717) is 0 Å². The van der Waals surface area contributed by atoms with Crippen molar-refractivity contribution in [3.63, 3.8) is 0 Å². The van der Waals surface area contributed by atoms with Crippen LogP contribution in [0.1, 0.15) is 29.0 Å². The molecule has 2 unspecified atom stereocenters. The highest BCUT2D eigenvalue weighted by atomic mass is 15.1. The average molecular weight is 616 g/mol. The van der Waals surface area contributed by atoms with Crippen LogP contribution in [0, 0.1) is 0 Å². The molecule has 2 atom stereocenters. The number of nitrogens with two attached hydrogens (primary N) is 1.